The van der Waals surface area contributed by atoms with Crippen molar-refractivity contribution >= 4 is 33.3 Å². The fraction of sp³-hybridized carbons (Fsp3) is 0.130. The highest BCUT2D eigenvalue weighted by Crippen LogP contribution is 2.42. The van der Waals surface area contributed by atoms with Gasteiger partial charge < -0.3 is 4.42 Å². The van der Waals surface area contributed by atoms with Crippen molar-refractivity contribution in [1.82, 2.24) is 20.2 Å². The molecule has 8 heteroatoms. The Kier molecular flexibility index (Phi) is 5.25. The lowest BCUT2D eigenvalue weighted by molar-refractivity contribution is 0.509. The summed E-state index contributed by atoms with van der Waals surface area (Å²) in [5, 5.41) is 12.2. The second-order valence-corrected chi connectivity index (χ2v) is 9.27. The van der Waals surface area contributed by atoms with Gasteiger partial charge in [0.15, 0.2) is 0 Å². The Hall–Kier alpha value is -3.10. The normalized spacial score (nSPS) is 12.4. The molecule has 0 aliphatic heterocycles. The average molecular weight is 449 g/mol. The standard InChI is InChI=1S/C23H17FN4OS2/c1-13-3-5-16(6-4-13)21-28-27-20(29-21)14(2)31-23-19-18(11-30-22(19)25-12-26-23)15-7-9-17(24)10-8-15/h3-12,14H,1-2H3. The number of thioether (sulfide) groups is 1. The number of rotatable bonds is 5. The highest BCUT2D eigenvalue weighted by molar-refractivity contribution is 7.99. The second-order valence-electron chi connectivity index (χ2n) is 7.09. The summed E-state index contributed by atoms with van der Waals surface area (Å²) >= 11 is 3.08. The van der Waals surface area contributed by atoms with Crippen molar-refractivity contribution < 1.29 is 8.81 Å². The molecule has 0 saturated carbocycles. The largest absolute Gasteiger partial charge is 0.419 e. The van der Waals surface area contributed by atoms with Crippen molar-refractivity contribution in [2.24, 2.45) is 0 Å². The van der Waals surface area contributed by atoms with E-state index in [0.29, 0.717) is 11.8 Å². The third kappa shape index (κ3) is 3.96. The average Bonchev–Trinajstić information content (AvgIpc) is 3.43. The van der Waals surface area contributed by atoms with Crippen LogP contribution in [0.1, 0.15) is 23.6 Å². The van der Waals surface area contributed by atoms with E-state index in [-0.39, 0.29) is 11.1 Å². The number of thiophene rings is 1. The molecule has 5 aromatic rings. The molecule has 0 fully saturated rings. The van der Waals surface area contributed by atoms with Gasteiger partial charge in [-0.3, -0.25) is 0 Å². The zero-order chi connectivity index (χ0) is 21.4. The lowest BCUT2D eigenvalue weighted by atomic mass is 10.1. The van der Waals surface area contributed by atoms with Crippen molar-refractivity contribution in [1.29, 1.82) is 0 Å². The summed E-state index contributed by atoms with van der Waals surface area (Å²) in [5.74, 6) is 0.771. The number of nitrogens with zero attached hydrogens (tertiary/aromatic N) is 4. The molecule has 0 aliphatic rings. The molecule has 2 aromatic carbocycles. The van der Waals surface area contributed by atoms with Crippen LogP contribution in [-0.4, -0.2) is 20.2 Å². The van der Waals surface area contributed by atoms with E-state index in [9.17, 15) is 4.39 Å². The van der Waals surface area contributed by atoms with Crippen LogP contribution in [0.25, 0.3) is 32.8 Å². The zero-order valence-corrected chi connectivity index (χ0v) is 18.4. The van der Waals surface area contributed by atoms with Gasteiger partial charge in [0.05, 0.1) is 10.6 Å². The minimum absolute atomic E-state index is 0.106. The maximum absolute atomic E-state index is 13.4. The molecule has 5 nitrogen and oxygen atoms in total. The molecule has 3 aromatic heterocycles. The van der Waals surface area contributed by atoms with Gasteiger partial charge in [0, 0.05) is 16.5 Å². The predicted octanol–water partition coefficient (Wildman–Crippen LogP) is 6.71. The molecule has 0 N–H and O–H groups in total. The van der Waals surface area contributed by atoms with E-state index in [0.717, 1.165) is 31.9 Å². The molecule has 0 radical (unpaired) electrons. The maximum atomic E-state index is 13.4. The Morgan fingerprint density at radius 2 is 1.71 bits per heavy atom. The lowest BCUT2D eigenvalue weighted by Crippen LogP contribution is -1.92. The molecule has 0 aliphatic carbocycles. The summed E-state index contributed by atoms with van der Waals surface area (Å²) in [6, 6.07) is 14.4. The van der Waals surface area contributed by atoms with Gasteiger partial charge in [0.2, 0.25) is 11.8 Å². The minimum Gasteiger partial charge on any atom is -0.419 e. The van der Waals surface area contributed by atoms with Crippen LogP contribution in [0, 0.1) is 12.7 Å². The van der Waals surface area contributed by atoms with Gasteiger partial charge in [0.25, 0.3) is 0 Å². The van der Waals surface area contributed by atoms with Gasteiger partial charge in [-0.25, -0.2) is 14.4 Å². The molecule has 1 unspecified atom stereocenters. The number of hydrogen-bond acceptors (Lipinski definition) is 7. The van der Waals surface area contributed by atoms with Crippen LogP contribution >= 0.6 is 23.1 Å². The van der Waals surface area contributed by atoms with Gasteiger partial charge in [-0.2, -0.15) is 0 Å². The molecule has 1 atom stereocenters. The molecule has 3 heterocycles. The summed E-state index contributed by atoms with van der Waals surface area (Å²) in [5.41, 5.74) is 3.98. The number of fused-ring (bicyclic) bond motifs is 1. The topological polar surface area (TPSA) is 64.7 Å². The highest BCUT2D eigenvalue weighted by atomic mass is 32.2. The SMILES string of the molecule is Cc1ccc(-c2nnc(C(C)Sc3ncnc4scc(-c5ccc(F)cc5)c34)o2)cc1. The van der Waals surface area contributed by atoms with E-state index in [2.05, 4.69) is 20.2 Å². The summed E-state index contributed by atoms with van der Waals surface area (Å²) in [7, 11) is 0. The first kappa shape index (κ1) is 19.8. The number of aryl methyl sites for hydroxylation is 1. The van der Waals surface area contributed by atoms with Crippen molar-refractivity contribution in [3.05, 3.63) is 77.5 Å². The molecular weight excluding hydrogens is 431 g/mol. The smallest absolute Gasteiger partial charge is 0.247 e. The summed E-state index contributed by atoms with van der Waals surface area (Å²) in [6.07, 6.45) is 1.56. The van der Waals surface area contributed by atoms with Crippen LogP contribution in [0.5, 0.6) is 0 Å². The van der Waals surface area contributed by atoms with Gasteiger partial charge in [-0.1, -0.05) is 41.6 Å². The van der Waals surface area contributed by atoms with Gasteiger partial charge >= 0.3 is 0 Å². The lowest BCUT2D eigenvalue weighted by Gasteiger charge is -2.08. The Labute approximate surface area is 186 Å². The monoisotopic (exact) mass is 448 g/mol. The minimum atomic E-state index is -0.261. The van der Waals surface area contributed by atoms with Crippen LogP contribution in [0.15, 0.2) is 69.7 Å². The molecule has 31 heavy (non-hydrogen) atoms. The number of hydrogen-bond donors (Lipinski definition) is 0. The first-order valence-electron chi connectivity index (χ1n) is 9.64. The molecule has 0 spiro atoms. The molecule has 154 valence electrons. The summed E-state index contributed by atoms with van der Waals surface area (Å²) in [6.45, 7) is 4.05. The van der Waals surface area contributed by atoms with Crippen molar-refractivity contribution in [2.75, 3.05) is 0 Å². The van der Waals surface area contributed by atoms with Crippen LogP contribution in [0.2, 0.25) is 0 Å². The van der Waals surface area contributed by atoms with E-state index in [1.165, 1.54) is 29.5 Å². The molecule has 0 saturated heterocycles. The second kappa shape index (κ2) is 8.20. The van der Waals surface area contributed by atoms with E-state index in [4.69, 9.17) is 4.42 Å². The van der Waals surface area contributed by atoms with Crippen LogP contribution in [0.3, 0.4) is 0 Å². The fourth-order valence-electron chi connectivity index (χ4n) is 3.21. The van der Waals surface area contributed by atoms with Crippen LogP contribution < -0.4 is 0 Å². The Morgan fingerprint density at radius 1 is 0.968 bits per heavy atom. The number of halogens is 1. The molecule has 0 amide bonds. The van der Waals surface area contributed by atoms with Crippen LogP contribution in [-0.2, 0) is 0 Å². The fourth-order valence-corrected chi connectivity index (χ4v) is 5.15. The number of benzene rings is 2. The quantitative estimate of drug-likeness (QED) is 0.220. The third-order valence-corrected chi connectivity index (χ3v) is 6.84. The zero-order valence-electron chi connectivity index (χ0n) is 16.7. The summed E-state index contributed by atoms with van der Waals surface area (Å²) < 4.78 is 19.3. The third-order valence-electron chi connectivity index (χ3n) is 4.87. The van der Waals surface area contributed by atoms with Gasteiger partial charge in [-0.05, 0) is 43.7 Å². The molecule has 5 rings (SSSR count). The van der Waals surface area contributed by atoms with Crippen molar-refractivity contribution in [3.63, 3.8) is 0 Å². The first-order chi connectivity index (χ1) is 15.1. The summed E-state index contributed by atoms with van der Waals surface area (Å²) in [4.78, 5) is 9.81. The highest BCUT2D eigenvalue weighted by Gasteiger charge is 2.20. The van der Waals surface area contributed by atoms with E-state index in [1.807, 2.05) is 43.5 Å². The van der Waals surface area contributed by atoms with Crippen molar-refractivity contribution in [2.45, 2.75) is 24.1 Å². The van der Waals surface area contributed by atoms with Crippen molar-refractivity contribution in [3.8, 4) is 22.6 Å². The molecule has 0 bridgehead atoms. The molecular formula is C23H17FN4OS2. The Morgan fingerprint density at radius 3 is 2.48 bits per heavy atom. The predicted molar refractivity (Wildman–Crippen MR) is 122 cm³/mol. The number of aromatic nitrogens is 4. The first-order valence-corrected chi connectivity index (χ1v) is 11.4. The van der Waals surface area contributed by atoms with E-state index < -0.39 is 0 Å². The van der Waals surface area contributed by atoms with Gasteiger partial charge in [0.1, 0.15) is 22.0 Å². The Balaban J connectivity index is 1.46. The maximum Gasteiger partial charge on any atom is 0.247 e. The van der Waals surface area contributed by atoms with E-state index in [1.54, 1.807) is 29.8 Å². The van der Waals surface area contributed by atoms with Gasteiger partial charge in [-0.15, -0.1) is 21.5 Å². The van der Waals surface area contributed by atoms with Crippen LogP contribution in [0.4, 0.5) is 4.39 Å². The Bertz CT molecular complexity index is 1350. The van der Waals surface area contributed by atoms with E-state index >= 15 is 0 Å².